The van der Waals surface area contributed by atoms with Crippen LogP contribution >= 0.6 is 0 Å². The Morgan fingerprint density at radius 3 is 2.24 bits per heavy atom. The van der Waals surface area contributed by atoms with Gasteiger partial charge in [0.25, 0.3) is 0 Å². The first-order valence-electron chi connectivity index (χ1n) is 14.4. The van der Waals surface area contributed by atoms with Gasteiger partial charge in [-0.15, -0.1) is 0 Å². The number of ether oxygens (including phenoxy) is 3. The van der Waals surface area contributed by atoms with Gasteiger partial charge in [0, 0.05) is 51.4 Å². The van der Waals surface area contributed by atoms with E-state index in [0.717, 1.165) is 41.3 Å². The van der Waals surface area contributed by atoms with Crippen LogP contribution in [0.4, 0.5) is 5.82 Å². The van der Waals surface area contributed by atoms with E-state index in [9.17, 15) is 9.59 Å². The van der Waals surface area contributed by atoms with E-state index >= 15 is 0 Å². The van der Waals surface area contributed by atoms with Crippen LogP contribution < -0.4 is 9.64 Å². The Balaban J connectivity index is 1.44. The number of aromatic nitrogens is 1. The Morgan fingerprint density at radius 1 is 0.905 bits per heavy atom. The van der Waals surface area contributed by atoms with Crippen LogP contribution in [0.2, 0.25) is 0 Å². The molecule has 42 heavy (non-hydrogen) atoms. The lowest BCUT2D eigenvalue weighted by molar-refractivity contribution is -0.147. The molecular formula is C33H38N4O5. The van der Waals surface area contributed by atoms with Gasteiger partial charge >= 0.3 is 0 Å². The van der Waals surface area contributed by atoms with Crippen molar-refractivity contribution in [2.24, 2.45) is 0 Å². The molecular weight excluding hydrogens is 532 g/mol. The maximum Gasteiger partial charge on any atom is 0.247 e. The number of hydrogen-bond donors (Lipinski definition) is 0. The molecule has 9 heteroatoms. The number of benzene rings is 2. The SMILES string of the molecule is COc1ccc(C=CC(=O)N(Cc2ccc(N3CCOCC3)nc2)[C@@H](Cc2ccccc2)C(=O)N2CCOCC2)cc1. The van der Waals surface area contributed by atoms with E-state index in [-0.39, 0.29) is 18.4 Å². The first-order chi connectivity index (χ1) is 20.6. The molecule has 1 atom stereocenters. The summed E-state index contributed by atoms with van der Waals surface area (Å²) in [6, 6.07) is 20.6. The van der Waals surface area contributed by atoms with Crippen LogP contribution in [0.15, 0.2) is 79.0 Å². The van der Waals surface area contributed by atoms with E-state index in [1.807, 2.05) is 71.6 Å². The number of amides is 2. The molecule has 220 valence electrons. The fourth-order valence-corrected chi connectivity index (χ4v) is 5.17. The van der Waals surface area contributed by atoms with Gasteiger partial charge in [0.15, 0.2) is 0 Å². The molecule has 2 aliphatic rings. The molecule has 3 aromatic rings. The molecule has 5 rings (SSSR count). The van der Waals surface area contributed by atoms with Crippen LogP contribution in [-0.2, 0) is 32.0 Å². The van der Waals surface area contributed by atoms with Crippen molar-refractivity contribution in [3.63, 3.8) is 0 Å². The van der Waals surface area contributed by atoms with Gasteiger partial charge in [0.05, 0.1) is 33.5 Å². The third-order valence-corrected chi connectivity index (χ3v) is 7.57. The van der Waals surface area contributed by atoms with E-state index in [2.05, 4.69) is 4.90 Å². The summed E-state index contributed by atoms with van der Waals surface area (Å²) in [5, 5.41) is 0. The van der Waals surface area contributed by atoms with E-state index < -0.39 is 6.04 Å². The van der Waals surface area contributed by atoms with Gasteiger partial charge in [0.2, 0.25) is 11.8 Å². The van der Waals surface area contributed by atoms with Gasteiger partial charge in [0.1, 0.15) is 17.6 Å². The number of hydrogen-bond acceptors (Lipinski definition) is 7. The summed E-state index contributed by atoms with van der Waals surface area (Å²) in [7, 11) is 1.62. The average Bonchev–Trinajstić information content (AvgIpc) is 3.06. The van der Waals surface area contributed by atoms with Crippen LogP contribution in [0.5, 0.6) is 5.75 Å². The molecule has 2 fully saturated rings. The van der Waals surface area contributed by atoms with Crippen LogP contribution in [0, 0.1) is 0 Å². The number of nitrogens with zero attached hydrogens (tertiary/aromatic N) is 4. The highest BCUT2D eigenvalue weighted by molar-refractivity contribution is 5.95. The maximum absolute atomic E-state index is 14.0. The van der Waals surface area contributed by atoms with Crippen molar-refractivity contribution in [1.82, 2.24) is 14.8 Å². The highest BCUT2D eigenvalue weighted by Crippen LogP contribution is 2.20. The largest absolute Gasteiger partial charge is 0.497 e. The van der Waals surface area contributed by atoms with Gasteiger partial charge in [-0.3, -0.25) is 9.59 Å². The molecule has 0 aliphatic carbocycles. The normalized spacial score (nSPS) is 16.3. The van der Waals surface area contributed by atoms with E-state index in [1.54, 1.807) is 30.4 Å². The Hall–Kier alpha value is -4.21. The van der Waals surface area contributed by atoms with Crippen molar-refractivity contribution in [1.29, 1.82) is 0 Å². The standard InChI is InChI=1S/C33H38N4O5/c1-40-29-11-7-26(8-12-29)10-14-32(38)37(25-28-9-13-31(34-24-28)35-15-19-41-20-16-35)30(23-27-5-3-2-4-6-27)33(39)36-17-21-42-22-18-36/h2-14,24,30H,15-23,25H2,1H3/t30-/m0/s1. The minimum atomic E-state index is -0.697. The first-order valence-corrected chi connectivity index (χ1v) is 14.4. The van der Waals surface area contributed by atoms with E-state index in [4.69, 9.17) is 19.2 Å². The highest BCUT2D eigenvalue weighted by Gasteiger charge is 2.33. The van der Waals surface area contributed by atoms with Crippen molar-refractivity contribution < 1.29 is 23.8 Å². The number of anilines is 1. The van der Waals surface area contributed by atoms with E-state index in [1.165, 1.54) is 0 Å². The number of morpholine rings is 2. The number of methoxy groups -OCH3 is 1. The predicted octanol–water partition coefficient (Wildman–Crippen LogP) is 3.44. The summed E-state index contributed by atoms with van der Waals surface area (Å²) in [5.41, 5.74) is 2.70. The summed E-state index contributed by atoms with van der Waals surface area (Å²) in [5.74, 6) is 1.30. The molecule has 0 N–H and O–H groups in total. The van der Waals surface area contributed by atoms with Crippen LogP contribution in [0.1, 0.15) is 16.7 Å². The average molecular weight is 571 g/mol. The van der Waals surface area contributed by atoms with Gasteiger partial charge < -0.3 is 28.9 Å². The topological polar surface area (TPSA) is 84.4 Å². The Labute approximate surface area is 247 Å². The van der Waals surface area contributed by atoms with Gasteiger partial charge in [-0.25, -0.2) is 4.98 Å². The molecule has 0 bridgehead atoms. The molecule has 9 nitrogen and oxygen atoms in total. The second-order valence-corrected chi connectivity index (χ2v) is 10.3. The smallest absolute Gasteiger partial charge is 0.247 e. The minimum Gasteiger partial charge on any atom is -0.497 e. The third kappa shape index (κ3) is 7.74. The van der Waals surface area contributed by atoms with Crippen molar-refractivity contribution in [3.05, 3.63) is 95.7 Å². The van der Waals surface area contributed by atoms with Crippen molar-refractivity contribution >= 4 is 23.7 Å². The zero-order chi connectivity index (χ0) is 29.1. The summed E-state index contributed by atoms with van der Waals surface area (Å²) < 4.78 is 16.2. The molecule has 3 heterocycles. The number of carbonyl (C=O) groups is 2. The van der Waals surface area contributed by atoms with Gasteiger partial charge in [-0.05, 0) is 41.0 Å². The molecule has 0 saturated carbocycles. The second kappa shape index (κ2) is 14.6. The monoisotopic (exact) mass is 570 g/mol. The Kier molecular flexibility index (Phi) is 10.2. The lowest BCUT2D eigenvalue weighted by Gasteiger charge is -2.36. The molecule has 1 aromatic heterocycles. The Bertz CT molecular complexity index is 1320. The van der Waals surface area contributed by atoms with Crippen molar-refractivity contribution in [2.45, 2.75) is 19.0 Å². The van der Waals surface area contributed by atoms with Gasteiger partial charge in [-0.1, -0.05) is 48.5 Å². The van der Waals surface area contributed by atoms with Crippen LogP contribution in [-0.4, -0.2) is 92.4 Å². The zero-order valence-corrected chi connectivity index (χ0v) is 24.1. The molecule has 2 aliphatic heterocycles. The fraction of sp³-hybridized carbons (Fsp3) is 0.364. The summed E-state index contributed by atoms with van der Waals surface area (Å²) in [6.45, 7) is 5.17. The molecule has 0 unspecified atom stereocenters. The number of rotatable bonds is 10. The minimum absolute atomic E-state index is 0.0775. The quantitative estimate of drug-likeness (QED) is 0.346. The first kappa shape index (κ1) is 29.3. The summed E-state index contributed by atoms with van der Waals surface area (Å²) in [4.78, 5) is 38.4. The van der Waals surface area contributed by atoms with Gasteiger partial charge in [-0.2, -0.15) is 0 Å². The lowest BCUT2D eigenvalue weighted by Crippen LogP contribution is -2.53. The van der Waals surface area contributed by atoms with Crippen molar-refractivity contribution in [3.8, 4) is 5.75 Å². The zero-order valence-electron chi connectivity index (χ0n) is 24.1. The molecule has 2 amide bonds. The fourth-order valence-electron chi connectivity index (χ4n) is 5.17. The van der Waals surface area contributed by atoms with Crippen molar-refractivity contribution in [2.75, 3.05) is 64.6 Å². The molecule has 0 radical (unpaired) electrons. The van der Waals surface area contributed by atoms with E-state index in [0.29, 0.717) is 45.9 Å². The third-order valence-electron chi connectivity index (χ3n) is 7.57. The summed E-state index contributed by atoms with van der Waals surface area (Å²) >= 11 is 0. The van der Waals surface area contributed by atoms with Crippen LogP contribution in [0.25, 0.3) is 6.08 Å². The molecule has 0 spiro atoms. The molecule has 2 saturated heterocycles. The highest BCUT2D eigenvalue weighted by atomic mass is 16.5. The number of carbonyl (C=O) groups excluding carboxylic acids is 2. The number of pyridine rings is 1. The predicted molar refractivity (Wildman–Crippen MR) is 161 cm³/mol. The summed E-state index contributed by atoms with van der Waals surface area (Å²) in [6.07, 6.45) is 5.52. The molecule has 2 aromatic carbocycles. The van der Waals surface area contributed by atoms with Crippen LogP contribution in [0.3, 0.4) is 0 Å². The maximum atomic E-state index is 14.0. The Morgan fingerprint density at radius 2 is 1.60 bits per heavy atom. The lowest BCUT2D eigenvalue weighted by atomic mass is 10.0. The second-order valence-electron chi connectivity index (χ2n) is 10.3.